The van der Waals surface area contributed by atoms with Crippen molar-refractivity contribution >= 4 is 26.0 Å². The zero-order chi connectivity index (χ0) is 39.9. The first-order valence-corrected chi connectivity index (χ1v) is 21.2. The van der Waals surface area contributed by atoms with Gasteiger partial charge in [-0.1, -0.05) is 36.4 Å². The van der Waals surface area contributed by atoms with Gasteiger partial charge in [0.25, 0.3) is 11.1 Å². The van der Waals surface area contributed by atoms with Gasteiger partial charge in [-0.2, -0.15) is 0 Å². The first-order chi connectivity index (χ1) is 26.6. The average Bonchev–Trinajstić information content (AvgIpc) is 3.62. The van der Waals surface area contributed by atoms with Crippen molar-refractivity contribution in [3.8, 4) is 5.75 Å². The molecule has 4 bridgehead atoms. The number of aliphatic hydroxyl groups excluding tert-OH is 1. The van der Waals surface area contributed by atoms with Gasteiger partial charge in [-0.25, -0.2) is 27.5 Å². The van der Waals surface area contributed by atoms with Gasteiger partial charge in [0.1, 0.15) is 36.3 Å². The number of fused-ring (bicyclic) bond motifs is 4. The summed E-state index contributed by atoms with van der Waals surface area (Å²) < 4.78 is 94.5. The van der Waals surface area contributed by atoms with E-state index in [2.05, 4.69) is 0 Å². The van der Waals surface area contributed by atoms with Crippen LogP contribution in [0.2, 0.25) is 0 Å². The molecule has 2 aromatic heterocycles. The number of H-pyrrole nitrogens is 2. The summed E-state index contributed by atoms with van der Waals surface area (Å²) in [6.45, 7) is -6.72. The van der Waals surface area contributed by atoms with E-state index in [4.69, 9.17) is 27.6 Å². The van der Waals surface area contributed by atoms with Gasteiger partial charge in [-0.15, -0.1) is 0 Å². The van der Waals surface area contributed by atoms with Gasteiger partial charge in [-0.3, -0.25) is 46.8 Å². The maximum atomic E-state index is 16.3. The van der Waals surface area contributed by atoms with Crippen LogP contribution in [-0.4, -0.2) is 84.2 Å². The van der Waals surface area contributed by atoms with Crippen LogP contribution < -0.4 is 22.5 Å². The van der Waals surface area contributed by atoms with Crippen LogP contribution in [0.3, 0.4) is 0 Å². The quantitative estimate of drug-likeness (QED) is 0.167. The summed E-state index contributed by atoms with van der Waals surface area (Å²) >= 11 is 0.530. The van der Waals surface area contributed by atoms with Gasteiger partial charge in [0.2, 0.25) is 0 Å². The number of rotatable bonds is 7. The van der Waals surface area contributed by atoms with Crippen LogP contribution in [0.5, 0.6) is 5.75 Å². The van der Waals surface area contributed by atoms with E-state index >= 15 is 8.78 Å². The maximum absolute atomic E-state index is 16.3. The van der Waals surface area contributed by atoms with Gasteiger partial charge in [0.05, 0.1) is 13.2 Å². The number of aromatic nitrogens is 4. The summed E-state index contributed by atoms with van der Waals surface area (Å²) in [6.07, 6.45) is -15.1. The maximum Gasteiger partial charge on any atom is 0.472 e. The Labute approximate surface area is 316 Å². The third-order valence-corrected chi connectivity index (χ3v) is 13.6. The minimum absolute atomic E-state index is 0.0179. The highest BCUT2D eigenvalue weighted by Crippen LogP contribution is 2.65. The van der Waals surface area contributed by atoms with Crippen molar-refractivity contribution in [2.24, 2.45) is 0 Å². The number of hydrogen-bond donors (Lipinski definition) is 5. The monoisotopic (exact) mass is 844 g/mol. The Balaban J connectivity index is 1.20. The largest absolute Gasteiger partial charge is 0.508 e. The van der Waals surface area contributed by atoms with Gasteiger partial charge in [-0.05, 0) is 40.2 Å². The van der Waals surface area contributed by atoms with E-state index in [9.17, 15) is 43.4 Å². The number of phenolic OH excluding ortho intramolecular Hbond substituents is 1. The van der Waals surface area contributed by atoms with Crippen LogP contribution >= 0.6 is 26.0 Å². The summed E-state index contributed by atoms with van der Waals surface area (Å²) in [5.74, 6) is -0.128. The molecule has 5 heterocycles. The number of halogens is 2. The van der Waals surface area contributed by atoms with Crippen molar-refractivity contribution < 1.29 is 60.6 Å². The van der Waals surface area contributed by atoms with E-state index in [0.717, 1.165) is 29.1 Å². The molecule has 3 saturated heterocycles. The molecule has 3 unspecified atom stereocenters. The molecular formula is C32H32F2N4O15P2S. The number of aliphatic hydroxyl groups is 1. The number of aromatic amines is 2. The number of aromatic hydroxyl groups is 1. The fraction of sp³-hybridized carbons (Fsp3) is 0.375. The topological polar surface area (TPSA) is 260 Å². The van der Waals surface area contributed by atoms with E-state index < -0.39 is 106 Å². The number of alkyl halides is 2. The number of nitrogens with zero attached hydrogens (tertiary/aromatic N) is 2. The van der Waals surface area contributed by atoms with Gasteiger partial charge < -0.3 is 24.6 Å². The van der Waals surface area contributed by atoms with Crippen LogP contribution in [0.4, 0.5) is 8.78 Å². The fourth-order valence-electron chi connectivity index (χ4n) is 6.15. The van der Waals surface area contributed by atoms with E-state index in [1.54, 1.807) is 36.4 Å². The summed E-state index contributed by atoms with van der Waals surface area (Å²) in [6, 6.07) is 14.1. The van der Waals surface area contributed by atoms with Crippen LogP contribution in [-0.2, 0) is 42.5 Å². The molecule has 3 fully saturated rings. The lowest BCUT2D eigenvalue weighted by Crippen LogP contribution is -2.38. The number of hydrogen-bond acceptors (Lipinski definition) is 15. The summed E-state index contributed by atoms with van der Waals surface area (Å²) in [5, 5.41) is 20.4. The minimum Gasteiger partial charge on any atom is -0.508 e. The molecule has 2 aromatic carbocycles. The van der Waals surface area contributed by atoms with Crippen molar-refractivity contribution in [3.05, 3.63) is 131 Å². The highest BCUT2D eigenvalue weighted by Gasteiger charge is 2.55. The zero-order valence-corrected chi connectivity index (χ0v) is 31.0. The lowest BCUT2D eigenvalue weighted by atomic mass is 10.0. The predicted octanol–water partition coefficient (Wildman–Crippen LogP) is 2.30. The highest BCUT2D eigenvalue weighted by atomic mass is 32.7. The number of phenols is 1. The molecule has 0 radical (unpaired) electrons. The molecule has 5 N–H and O–H groups in total. The second-order valence-corrected chi connectivity index (χ2v) is 18.1. The van der Waals surface area contributed by atoms with Crippen molar-refractivity contribution in [1.82, 2.24) is 19.1 Å². The molecule has 0 saturated carbocycles. The molecule has 0 aliphatic carbocycles. The van der Waals surface area contributed by atoms with Crippen LogP contribution in [0.25, 0.3) is 0 Å². The molecule has 56 heavy (non-hydrogen) atoms. The van der Waals surface area contributed by atoms with E-state index in [-0.39, 0.29) is 11.5 Å². The second-order valence-electron chi connectivity index (χ2n) is 12.7. The predicted molar refractivity (Wildman–Crippen MR) is 189 cm³/mol. The normalized spacial score (nSPS) is 32.8. The Kier molecular flexibility index (Phi) is 11.5. The van der Waals surface area contributed by atoms with Crippen LogP contribution in [0.1, 0.15) is 35.3 Å². The number of benzene rings is 2. The molecule has 11 atom stereocenters. The molecule has 7 rings (SSSR count). The summed E-state index contributed by atoms with van der Waals surface area (Å²) in [5.41, 5.74) is -2.33. The number of phosphoric ester groups is 1. The smallest absolute Gasteiger partial charge is 0.472 e. The van der Waals surface area contributed by atoms with E-state index in [0.29, 0.717) is 32.6 Å². The van der Waals surface area contributed by atoms with Crippen molar-refractivity contribution in [1.29, 1.82) is 0 Å². The average molecular weight is 845 g/mol. The van der Waals surface area contributed by atoms with Crippen molar-refractivity contribution in [3.63, 3.8) is 0 Å². The molecule has 0 spiro atoms. The first kappa shape index (κ1) is 40.2. The fourth-order valence-corrected chi connectivity index (χ4v) is 10.4. The van der Waals surface area contributed by atoms with Gasteiger partial charge in [0.15, 0.2) is 24.8 Å². The summed E-state index contributed by atoms with van der Waals surface area (Å²) in [7, 11) is -5.33. The Morgan fingerprint density at radius 2 is 1.23 bits per heavy atom. The van der Waals surface area contributed by atoms with E-state index in [1.165, 1.54) is 12.1 Å². The van der Waals surface area contributed by atoms with Crippen molar-refractivity contribution in [2.45, 2.75) is 61.1 Å². The molecule has 300 valence electrons. The Hall–Kier alpha value is -4.05. The molecule has 0 amide bonds. The Morgan fingerprint density at radius 1 is 0.750 bits per heavy atom. The Bertz CT molecular complexity index is 2400. The Morgan fingerprint density at radius 3 is 1.75 bits per heavy atom. The van der Waals surface area contributed by atoms with Crippen LogP contribution in [0.15, 0.2) is 92.2 Å². The standard InChI is InChI=1S/C32H32F2N4O15P2S/c33-24-21-14-49-55(47,56-15-16-1-3-17(4-2-16)26(42)18-5-7-19(39)8-6-18)53-28-25(34)20(50-30(28)38-12-10-23(41)36-32(38)44)13-48-54(45,46)52-27(24)29(51-21)37-11-9-22(40)35-31(37)43/h1-12,20-21,24-30,39,42H,13-15H2,(H,45,46)(H,35,40,43)(H,36,41,44)/t20-,21-,24-,25-,26?,27-,28-,29-,30-,55?/m1/s1. The first-order valence-electron chi connectivity index (χ1n) is 16.6. The summed E-state index contributed by atoms with van der Waals surface area (Å²) in [4.78, 5) is 63.4. The van der Waals surface area contributed by atoms with Crippen molar-refractivity contribution in [2.75, 3.05) is 13.2 Å². The molecule has 19 nitrogen and oxygen atoms in total. The molecular weight excluding hydrogens is 812 g/mol. The third kappa shape index (κ3) is 8.60. The van der Waals surface area contributed by atoms with Gasteiger partial charge >= 0.3 is 26.0 Å². The van der Waals surface area contributed by atoms with Gasteiger partial charge in [0, 0.05) is 30.3 Å². The molecule has 3 aliphatic heterocycles. The molecule has 3 aliphatic rings. The minimum atomic E-state index is -5.33. The highest BCUT2D eigenvalue weighted by molar-refractivity contribution is 8.54. The number of nitrogens with one attached hydrogen (secondary N) is 2. The van der Waals surface area contributed by atoms with Crippen LogP contribution in [0, 0.1) is 0 Å². The lowest BCUT2D eigenvalue weighted by Gasteiger charge is -2.27. The number of ether oxygens (including phenoxy) is 2. The SMILES string of the molecule is O=c1ccn([C@@H]2O[C@@H]3COP(=O)(SCc4ccc(C(O)c5ccc(O)cc5)cc4)O[C@@H]4[C@H](F)[C@@H](COP(=O)(O)O[C@@H]2[C@@H]3F)O[C@H]4n2ccc(=O)[nH]c2=O)c(=O)[nH]1. The second kappa shape index (κ2) is 16.1. The molecule has 24 heteroatoms. The molecule has 4 aromatic rings. The number of phosphoric acid groups is 1. The third-order valence-electron chi connectivity index (χ3n) is 8.98. The lowest BCUT2D eigenvalue weighted by molar-refractivity contribution is -0.0667. The zero-order valence-electron chi connectivity index (χ0n) is 28.4. The van der Waals surface area contributed by atoms with E-state index in [1.807, 2.05) is 9.97 Å².